The predicted octanol–water partition coefficient (Wildman–Crippen LogP) is 3.14. The highest BCUT2D eigenvalue weighted by atomic mass is 16.1. The third kappa shape index (κ3) is 3.26. The van der Waals surface area contributed by atoms with E-state index < -0.39 is 0 Å². The van der Waals surface area contributed by atoms with E-state index in [0.29, 0.717) is 6.42 Å². The maximum atomic E-state index is 11.7. The number of Topliss-reactive ketones (excluding diaryl/α,β-unsaturated/α-hetero) is 1. The number of carbonyl (C=O) groups is 1. The first-order valence-electron chi connectivity index (χ1n) is 5.87. The van der Waals surface area contributed by atoms with E-state index >= 15 is 0 Å². The van der Waals surface area contributed by atoms with Crippen molar-refractivity contribution in [2.75, 3.05) is 23.7 Å². The van der Waals surface area contributed by atoms with Gasteiger partial charge >= 0.3 is 0 Å². The van der Waals surface area contributed by atoms with Gasteiger partial charge in [-0.25, -0.2) is 0 Å². The average molecular weight is 220 g/mol. The van der Waals surface area contributed by atoms with Gasteiger partial charge in [0.1, 0.15) is 0 Å². The van der Waals surface area contributed by atoms with Crippen LogP contribution in [-0.4, -0.2) is 18.9 Å². The molecule has 0 atom stereocenters. The number of benzene rings is 1. The summed E-state index contributed by atoms with van der Waals surface area (Å²) in [4.78, 5) is 11.7. The Morgan fingerprint density at radius 1 is 1.00 bits per heavy atom. The fraction of sp³-hybridized carbons (Fsp3) is 0.462. The number of hydrogen-bond donors (Lipinski definition) is 2. The van der Waals surface area contributed by atoms with Crippen LogP contribution in [0.5, 0.6) is 0 Å². The maximum Gasteiger partial charge on any atom is 0.162 e. The van der Waals surface area contributed by atoms with Gasteiger partial charge in [0.2, 0.25) is 0 Å². The standard InChI is InChI=1S/C13H20N2O/c1-4-13(16)10-7-11(14-5-2)9-12(8-10)15-6-3/h7-9,14-15H,4-6H2,1-3H3. The molecule has 0 aromatic heterocycles. The molecule has 0 unspecified atom stereocenters. The van der Waals surface area contributed by atoms with Crippen LogP contribution >= 0.6 is 0 Å². The number of rotatable bonds is 6. The van der Waals surface area contributed by atoms with Gasteiger partial charge < -0.3 is 10.6 Å². The molecule has 16 heavy (non-hydrogen) atoms. The number of anilines is 2. The van der Waals surface area contributed by atoms with E-state index in [9.17, 15) is 4.79 Å². The molecule has 0 aliphatic carbocycles. The van der Waals surface area contributed by atoms with Gasteiger partial charge in [0, 0.05) is 36.4 Å². The van der Waals surface area contributed by atoms with Crippen LogP contribution in [0.2, 0.25) is 0 Å². The Kier molecular flexibility index (Phi) is 4.83. The van der Waals surface area contributed by atoms with E-state index in [2.05, 4.69) is 10.6 Å². The molecule has 2 N–H and O–H groups in total. The monoisotopic (exact) mass is 220 g/mol. The zero-order valence-electron chi connectivity index (χ0n) is 10.3. The average Bonchev–Trinajstić information content (AvgIpc) is 2.28. The number of carbonyl (C=O) groups excluding carboxylic acids is 1. The lowest BCUT2D eigenvalue weighted by Crippen LogP contribution is -2.04. The van der Waals surface area contributed by atoms with Crippen LogP contribution < -0.4 is 10.6 Å². The molecule has 1 aromatic carbocycles. The molecule has 1 aromatic rings. The van der Waals surface area contributed by atoms with Gasteiger partial charge in [-0.15, -0.1) is 0 Å². The van der Waals surface area contributed by atoms with Crippen LogP contribution in [0, 0.1) is 0 Å². The summed E-state index contributed by atoms with van der Waals surface area (Å²) in [6.07, 6.45) is 0.543. The largest absolute Gasteiger partial charge is 0.385 e. The normalized spacial score (nSPS) is 9.94. The summed E-state index contributed by atoms with van der Waals surface area (Å²) in [5.74, 6) is 0.180. The molecular formula is C13H20N2O. The Morgan fingerprint density at radius 3 is 1.88 bits per heavy atom. The molecule has 0 amide bonds. The van der Waals surface area contributed by atoms with Gasteiger partial charge in [-0.2, -0.15) is 0 Å². The smallest absolute Gasteiger partial charge is 0.162 e. The quantitative estimate of drug-likeness (QED) is 0.724. The first-order valence-corrected chi connectivity index (χ1v) is 5.87. The summed E-state index contributed by atoms with van der Waals surface area (Å²) in [6, 6.07) is 5.85. The zero-order valence-corrected chi connectivity index (χ0v) is 10.3. The third-order valence-electron chi connectivity index (χ3n) is 2.34. The maximum absolute atomic E-state index is 11.7. The van der Waals surface area contributed by atoms with Crippen LogP contribution in [0.15, 0.2) is 18.2 Å². The lowest BCUT2D eigenvalue weighted by atomic mass is 10.1. The molecule has 1 rings (SSSR count). The lowest BCUT2D eigenvalue weighted by Gasteiger charge is -2.10. The first kappa shape index (κ1) is 12.6. The predicted molar refractivity (Wildman–Crippen MR) is 69.4 cm³/mol. The molecule has 0 aliphatic heterocycles. The molecule has 0 fully saturated rings. The molecule has 0 radical (unpaired) electrons. The Morgan fingerprint density at radius 2 is 1.50 bits per heavy atom. The van der Waals surface area contributed by atoms with Crippen molar-refractivity contribution >= 4 is 17.2 Å². The van der Waals surface area contributed by atoms with E-state index in [-0.39, 0.29) is 5.78 Å². The Labute approximate surface area is 97.2 Å². The van der Waals surface area contributed by atoms with Crippen molar-refractivity contribution in [1.29, 1.82) is 0 Å². The van der Waals surface area contributed by atoms with Crippen molar-refractivity contribution in [2.45, 2.75) is 27.2 Å². The zero-order chi connectivity index (χ0) is 12.0. The lowest BCUT2D eigenvalue weighted by molar-refractivity contribution is 0.0988. The van der Waals surface area contributed by atoms with Crippen molar-refractivity contribution < 1.29 is 4.79 Å². The Balaban J connectivity index is 3.02. The molecule has 0 heterocycles. The molecule has 0 saturated carbocycles. The molecule has 3 heteroatoms. The second-order valence-electron chi connectivity index (χ2n) is 3.64. The van der Waals surface area contributed by atoms with Crippen LogP contribution in [0.1, 0.15) is 37.6 Å². The van der Waals surface area contributed by atoms with E-state index in [1.54, 1.807) is 0 Å². The second-order valence-corrected chi connectivity index (χ2v) is 3.64. The Bertz CT molecular complexity index is 337. The van der Waals surface area contributed by atoms with Crippen molar-refractivity contribution in [3.05, 3.63) is 23.8 Å². The molecule has 3 nitrogen and oxygen atoms in total. The summed E-state index contributed by atoms with van der Waals surface area (Å²) in [7, 11) is 0. The minimum atomic E-state index is 0.180. The molecule has 88 valence electrons. The fourth-order valence-electron chi connectivity index (χ4n) is 1.61. The van der Waals surface area contributed by atoms with Crippen molar-refractivity contribution in [1.82, 2.24) is 0 Å². The molecule has 0 saturated heterocycles. The summed E-state index contributed by atoms with van der Waals surface area (Å²) < 4.78 is 0. The van der Waals surface area contributed by atoms with Gasteiger partial charge in [-0.1, -0.05) is 6.92 Å². The van der Waals surface area contributed by atoms with Crippen LogP contribution in [-0.2, 0) is 0 Å². The molecular weight excluding hydrogens is 200 g/mol. The minimum absolute atomic E-state index is 0.180. The molecule has 0 spiro atoms. The SMILES string of the molecule is CCNc1cc(NCC)cc(C(=O)CC)c1. The fourth-order valence-corrected chi connectivity index (χ4v) is 1.61. The van der Waals surface area contributed by atoms with Gasteiger partial charge in [-0.3, -0.25) is 4.79 Å². The van der Waals surface area contributed by atoms with Crippen molar-refractivity contribution in [2.24, 2.45) is 0 Å². The van der Waals surface area contributed by atoms with Crippen molar-refractivity contribution in [3.63, 3.8) is 0 Å². The topological polar surface area (TPSA) is 41.1 Å². The molecule has 0 bridgehead atoms. The van der Waals surface area contributed by atoms with Gasteiger partial charge in [-0.05, 0) is 32.0 Å². The highest BCUT2D eigenvalue weighted by molar-refractivity contribution is 5.97. The molecule has 0 aliphatic rings. The number of ketones is 1. The van der Waals surface area contributed by atoms with E-state index in [0.717, 1.165) is 30.0 Å². The summed E-state index contributed by atoms with van der Waals surface area (Å²) in [5.41, 5.74) is 2.77. The summed E-state index contributed by atoms with van der Waals surface area (Å²) in [5, 5.41) is 6.47. The van der Waals surface area contributed by atoms with Crippen molar-refractivity contribution in [3.8, 4) is 0 Å². The Hall–Kier alpha value is -1.51. The summed E-state index contributed by atoms with van der Waals surface area (Å²) in [6.45, 7) is 7.68. The summed E-state index contributed by atoms with van der Waals surface area (Å²) >= 11 is 0. The number of nitrogens with one attached hydrogen (secondary N) is 2. The third-order valence-corrected chi connectivity index (χ3v) is 2.34. The van der Waals surface area contributed by atoms with Crippen LogP contribution in [0.3, 0.4) is 0 Å². The van der Waals surface area contributed by atoms with E-state index in [1.807, 2.05) is 39.0 Å². The van der Waals surface area contributed by atoms with Crippen LogP contribution in [0.25, 0.3) is 0 Å². The van der Waals surface area contributed by atoms with Gasteiger partial charge in [0.25, 0.3) is 0 Å². The van der Waals surface area contributed by atoms with Crippen LogP contribution in [0.4, 0.5) is 11.4 Å². The van der Waals surface area contributed by atoms with E-state index in [1.165, 1.54) is 0 Å². The second kappa shape index (κ2) is 6.16. The number of hydrogen-bond acceptors (Lipinski definition) is 3. The van der Waals surface area contributed by atoms with Gasteiger partial charge in [0.15, 0.2) is 5.78 Å². The minimum Gasteiger partial charge on any atom is -0.385 e. The highest BCUT2D eigenvalue weighted by Crippen LogP contribution is 2.20. The van der Waals surface area contributed by atoms with E-state index in [4.69, 9.17) is 0 Å². The highest BCUT2D eigenvalue weighted by Gasteiger charge is 2.06. The van der Waals surface area contributed by atoms with Gasteiger partial charge in [0.05, 0.1) is 0 Å². The first-order chi connectivity index (χ1) is 7.71.